The lowest BCUT2D eigenvalue weighted by atomic mass is 10.1. The van der Waals surface area contributed by atoms with Gasteiger partial charge in [0.2, 0.25) is 0 Å². The second-order valence-electron chi connectivity index (χ2n) is 4.43. The summed E-state index contributed by atoms with van der Waals surface area (Å²) in [6.07, 6.45) is 3.46. The predicted octanol–water partition coefficient (Wildman–Crippen LogP) is 4.45. The van der Waals surface area contributed by atoms with E-state index in [4.69, 9.17) is 4.74 Å². The molecule has 0 aliphatic heterocycles. The molecule has 0 spiro atoms. The summed E-state index contributed by atoms with van der Waals surface area (Å²) in [5.41, 5.74) is 1.30. The van der Waals surface area contributed by atoms with Crippen LogP contribution in [0.15, 0.2) is 46.9 Å². The Morgan fingerprint density at radius 3 is 2.50 bits per heavy atom. The third-order valence-corrected chi connectivity index (χ3v) is 3.53. The number of hydrogen-bond acceptors (Lipinski definition) is 4. The van der Waals surface area contributed by atoms with E-state index in [1.54, 1.807) is 12.2 Å². The summed E-state index contributed by atoms with van der Waals surface area (Å²) in [5, 5.41) is 10.9. The lowest BCUT2D eigenvalue weighted by molar-refractivity contribution is -0.384. The molecule has 0 saturated carbocycles. The third kappa shape index (κ3) is 4.02. The van der Waals surface area contributed by atoms with Gasteiger partial charge in [0.1, 0.15) is 5.75 Å². The van der Waals surface area contributed by atoms with E-state index in [9.17, 15) is 14.9 Å². The minimum absolute atomic E-state index is 0.0670. The molecule has 6 heteroatoms. The molecule has 2 aromatic rings. The molecule has 0 saturated heterocycles. The van der Waals surface area contributed by atoms with E-state index in [-0.39, 0.29) is 11.4 Å². The van der Waals surface area contributed by atoms with Crippen LogP contribution in [-0.2, 0) is 4.79 Å². The van der Waals surface area contributed by atoms with Crippen molar-refractivity contribution in [2.45, 2.75) is 6.92 Å². The van der Waals surface area contributed by atoms with Gasteiger partial charge < -0.3 is 4.74 Å². The number of ether oxygens (including phenoxy) is 1. The molecule has 0 aliphatic rings. The highest BCUT2D eigenvalue weighted by Gasteiger charge is 2.11. The Hall–Kier alpha value is -2.47. The summed E-state index contributed by atoms with van der Waals surface area (Å²) >= 11 is 3.42. The van der Waals surface area contributed by atoms with Gasteiger partial charge in [0, 0.05) is 29.1 Å². The Bertz CT molecular complexity index is 756. The Balaban J connectivity index is 2.42. The Morgan fingerprint density at radius 1 is 1.18 bits per heavy atom. The zero-order valence-electron chi connectivity index (χ0n) is 11.7. The van der Waals surface area contributed by atoms with Gasteiger partial charge in [-0.2, -0.15) is 0 Å². The number of carbonyl (C=O) groups excluding carboxylic acids is 1. The fourth-order valence-electron chi connectivity index (χ4n) is 1.82. The zero-order chi connectivity index (χ0) is 16.1. The molecule has 0 fully saturated rings. The number of non-ortho nitro benzene ring substituents is 1. The molecule has 112 valence electrons. The molecule has 0 radical (unpaired) electrons. The number of nitro groups is 1. The minimum atomic E-state index is -0.493. The van der Waals surface area contributed by atoms with Crippen molar-refractivity contribution in [3.63, 3.8) is 0 Å². The summed E-state index contributed by atoms with van der Waals surface area (Å²) in [7, 11) is 0. The van der Waals surface area contributed by atoms with Crippen molar-refractivity contribution in [1.82, 2.24) is 0 Å². The van der Waals surface area contributed by atoms with Gasteiger partial charge in [0.05, 0.1) is 4.92 Å². The van der Waals surface area contributed by atoms with Crippen molar-refractivity contribution < 1.29 is 14.5 Å². The summed E-state index contributed by atoms with van der Waals surface area (Å²) < 4.78 is 5.97. The molecular weight excluding hydrogens is 350 g/mol. The zero-order valence-corrected chi connectivity index (χ0v) is 13.2. The van der Waals surface area contributed by atoms with Gasteiger partial charge in [0.25, 0.3) is 5.69 Å². The van der Waals surface area contributed by atoms with Crippen molar-refractivity contribution in [3.05, 3.63) is 68.2 Å². The van der Waals surface area contributed by atoms with Gasteiger partial charge in [-0.15, -0.1) is 0 Å². The van der Waals surface area contributed by atoms with Crippen LogP contribution in [0.3, 0.4) is 0 Å². The first-order valence-corrected chi connectivity index (χ1v) is 7.16. The van der Waals surface area contributed by atoms with Crippen molar-refractivity contribution >= 4 is 39.7 Å². The molecule has 22 heavy (non-hydrogen) atoms. The van der Waals surface area contributed by atoms with Gasteiger partial charge in [-0.1, -0.05) is 46.3 Å². The lowest BCUT2D eigenvalue weighted by Gasteiger charge is -2.05. The third-order valence-electron chi connectivity index (χ3n) is 2.81. The maximum absolute atomic E-state index is 11.1. The van der Waals surface area contributed by atoms with Crippen LogP contribution in [0, 0.1) is 10.1 Å². The van der Waals surface area contributed by atoms with Crippen LogP contribution in [0.1, 0.15) is 18.1 Å². The monoisotopic (exact) mass is 361 g/mol. The number of benzene rings is 2. The summed E-state index contributed by atoms with van der Waals surface area (Å²) in [4.78, 5) is 21.5. The maximum Gasteiger partial charge on any atom is 0.308 e. The van der Waals surface area contributed by atoms with E-state index in [0.29, 0.717) is 5.56 Å². The molecule has 0 aliphatic carbocycles. The predicted molar refractivity (Wildman–Crippen MR) is 87.5 cm³/mol. The van der Waals surface area contributed by atoms with Gasteiger partial charge in [0.15, 0.2) is 0 Å². The quantitative estimate of drug-likeness (QED) is 0.265. The standard InChI is InChI=1S/C16H12BrNO4/c1-11(19)22-16-9-8-14(18(20)21)10-13(16)7-6-12-4-2-3-5-15(12)17/h2-10H,1H3. The van der Waals surface area contributed by atoms with Crippen molar-refractivity contribution in [2.24, 2.45) is 0 Å². The van der Waals surface area contributed by atoms with Crippen LogP contribution in [0.2, 0.25) is 0 Å². The number of esters is 1. The second kappa shape index (κ2) is 7.00. The van der Waals surface area contributed by atoms with Crippen LogP contribution in [0.4, 0.5) is 5.69 Å². The molecule has 2 rings (SSSR count). The first-order chi connectivity index (χ1) is 10.5. The molecule has 0 amide bonds. The van der Waals surface area contributed by atoms with Crippen molar-refractivity contribution in [1.29, 1.82) is 0 Å². The van der Waals surface area contributed by atoms with E-state index >= 15 is 0 Å². The highest BCUT2D eigenvalue weighted by molar-refractivity contribution is 9.10. The van der Waals surface area contributed by atoms with E-state index < -0.39 is 10.9 Å². The molecule has 0 heterocycles. The number of nitrogens with zero attached hydrogens (tertiary/aromatic N) is 1. The Morgan fingerprint density at radius 2 is 1.86 bits per heavy atom. The van der Waals surface area contributed by atoms with Crippen LogP contribution in [0.5, 0.6) is 5.75 Å². The van der Waals surface area contributed by atoms with E-state index in [0.717, 1.165) is 10.0 Å². The number of carbonyl (C=O) groups is 1. The molecule has 0 N–H and O–H groups in total. The van der Waals surface area contributed by atoms with Crippen LogP contribution >= 0.6 is 15.9 Å². The highest BCUT2D eigenvalue weighted by Crippen LogP contribution is 2.27. The van der Waals surface area contributed by atoms with Crippen LogP contribution < -0.4 is 4.74 Å². The molecule has 0 unspecified atom stereocenters. The smallest absolute Gasteiger partial charge is 0.308 e. The maximum atomic E-state index is 11.1. The molecular formula is C16H12BrNO4. The number of hydrogen-bond donors (Lipinski definition) is 0. The van der Waals surface area contributed by atoms with Gasteiger partial charge >= 0.3 is 5.97 Å². The van der Waals surface area contributed by atoms with Gasteiger partial charge in [-0.05, 0) is 17.7 Å². The summed E-state index contributed by atoms with van der Waals surface area (Å²) in [5.74, 6) is -0.203. The fourth-order valence-corrected chi connectivity index (χ4v) is 2.23. The largest absolute Gasteiger partial charge is 0.426 e. The highest BCUT2D eigenvalue weighted by atomic mass is 79.9. The summed E-state index contributed by atoms with van der Waals surface area (Å²) in [6.45, 7) is 1.28. The fraction of sp³-hybridized carbons (Fsp3) is 0.0625. The first kappa shape index (κ1) is 15.9. The topological polar surface area (TPSA) is 69.4 Å². The minimum Gasteiger partial charge on any atom is -0.426 e. The molecule has 5 nitrogen and oxygen atoms in total. The number of halogens is 1. The first-order valence-electron chi connectivity index (χ1n) is 6.37. The summed E-state index contributed by atoms with van der Waals surface area (Å²) in [6, 6.07) is 11.6. The van der Waals surface area contributed by atoms with E-state index in [1.807, 2.05) is 24.3 Å². The van der Waals surface area contributed by atoms with Gasteiger partial charge in [-0.3, -0.25) is 14.9 Å². The molecule has 0 atom stereocenters. The van der Waals surface area contributed by atoms with Gasteiger partial charge in [-0.25, -0.2) is 0 Å². The normalized spacial score (nSPS) is 10.6. The molecule has 2 aromatic carbocycles. The number of rotatable bonds is 4. The van der Waals surface area contributed by atoms with E-state index in [2.05, 4.69) is 15.9 Å². The molecule has 0 aromatic heterocycles. The van der Waals surface area contributed by atoms with Crippen molar-refractivity contribution in [3.8, 4) is 5.75 Å². The average Bonchev–Trinajstić information content (AvgIpc) is 2.47. The Labute approximate surface area is 135 Å². The SMILES string of the molecule is CC(=O)Oc1ccc([N+](=O)[O-])cc1C=Cc1ccccc1Br. The van der Waals surface area contributed by atoms with E-state index in [1.165, 1.54) is 25.1 Å². The van der Waals surface area contributed by atoms with Crippen LogP contribution in [0.25, 0.3) is 12.2 Å². The van der Waals surface area contributed by atoms with Crippen LogP contribution in [-0.4, -0.2) is 10.9 Å². The lowest BCUT2D eigenvalue weighted by Crippen LogP contribution is -2.03. The number of nitro benzene ring substituents is 1. The Kier molecular flexibility index (Phi) is 5.06. The average molecular weight is 362 g/mol. The second-order valence-corrected chi connectivity index (χ2v) is 5.28. The van der Waals surface area contributed by atoms with Crippen molar-refractivity contribution in [2.75, 3.05) is 0 Å². The molecule has 0 bridgehead atoms.